The molecule has 1 amide bonds. The zero-order chi connectivity index (χ0) is 27.5. The van der Waals surface area contributed by atoms with Crippen molar-refractivity contribution in [3.63, 3.8) is 0 Å². The number of fused-ring (bicyclic) bond motifs is 3. The van der Waals surface area contributed by atoms with Crippen molar-refractivity contribution in [3.05, 3.63) is 72.1 Å². The molecule has 0 spiro atoms. The number of aromatic nitrogens is 8. The van der Waals surface area contributed by atoms with Crippen molar-refractivity contribution in [2.45, 2.75) is 50.6 Å². The molecule has 0 unspecified atom stereocenters. The van der Waals surface area contributed by atoms with Gasteiger partial charge in [0, 0.05) is 35.3 Å². The summed E-state index contributed by atoms with van der Waals surface area (Å²) in [4.78, 5) is 35.7. The number of anilines is 1. The van der Waals surface area contributed by atoms with Crippen molar-refractivity contribution in [3.8, 4) is 16.8 Å². The van der Waals surface area contributed by atoms with Crippen LogP contribution in [0.3, 0.4) is 0 Å². The molecule has 0 aliphatic carbocycles. The summed E-state index contributed by atoms with van der Waals surface area (Å²) in [5.41, 5.74) is 10.2. The highest BCUT2D eigenvalue weighted by Gasteiger charge is 2.45. The van der Waals surface area contributed by atoms with Gasteiger partial charge in [0.1, 0.15) is 18.0 Å². The van der Waals surface area contributed by atoms with Gasteiger partial charge in [0.05, 0.1) is 29.3 Å². The number of carbonyl (C=O) groups excluding carboxylic acids is 2. The summed E-state index contributed by atoms with van der Waals surface area (Å²) < 4.78 is 16.5. The molecule has 3 atom stereocenters. The molecule has 2 bridgehead atoms. The Balaban J connectivity index is 1.27. The molecule has 202 valence electrons. The van der Waals surface area contributed by atoms with E-state index in [1.54, 1.807) is 29.2 Å². The molecule has 13 heteroatoms. The summed E-state index contributed by atoms with van der Waals surface area (Å²) in [6, 6.07) is 6.04. The molecule has 3 N–H and O–H groups in total. The minimum Gasteiger partial charge on any atom is -0.383 e. The maximum Gasteiger partial charge on any atom is 0.292 e. The van der Waals surface area contributed by atoms with Gasteiger partial charge in [-0.15, -0.1) is 10.2 Å². The molecule has 2 aliphatic rings. The van der Waals surface area contributed by atoms with E-state index in [0.29, 0.717) is 41.0 Å². The predicted molar refractivity (Wildman–Crippen MR) is 141 cm³/mol. The van der Waals surface area contributed by atoms with E-state index in [-0.39, 0.29) is 47.2 Å². The molecule has 12 nitrogen and oxygen atoms in total. The van der Waals surface area contributed by atoms with Crippen LogP contribution in [-0.2, 0) is 0 Å². The predicted octanol–water partition coefficient (Wildman–Crippen LogP) is 3.17. The number of nitrogens with zero attached hydrogens (tertiary/aromatic N) is 8. The number of piperidine rings is 1. The first-order chi connectivity index (χ1) is 19.4. The van der Waals surface area contributed by atoms with Crippen molar-refractivity contribution >= 4 is 23.2 Å². The Labute approximate surface area is 227 Å². The van der Waals surface area contributed by atoms with Crippen LogP contribution in [0.15, 0.2) is 49.2 Å². The molecule has 1 aromatic carbocycles. The van der Waals surface area contributed by atoms with Crippen LogP contribution in [0.1, 0.15) is 65.2 Å². The highest BCUT2D eigenvalue weighted by Crippen LogP contribution is 2.45. The van der Waals surface area contributed by atoms with E-state index in [2.05, 4.69) is 25.4 Å². The van der Waals surface area contributed by atoms with Gasteiger partial charge in [-0.1, -0.05) is 0 Å². The maximum atomic E-state index is 13.4. The monoisotopic (exact) mass is 540 g/mol. The number of H-pyrrole nitrogens is 1. The highest BCUT2D eigenvalue weighted by molar-refractivity contribution is 6.00. The van der Waals surface area contributed by atoms with Gasteiger partial charge in [-0.2, -0.15) is 14.7 Å². The minimum atomic E-state index is -0.325. The number of Topliss-reactive ketones (excluding diaryl/α,β-unsaturated/α-hetero) is 1. The second-order valence-corrected chi connectivity index (χ2v) is 10.4. The van der Waals surface area contributed by atoms with Crippen LogP contribution in [0, 0.1) is 5.82 Å². The third-order valence-corrected chi connectivity index (χ3v) is 8.02. The summed E-state index contributed by atoms with van der Waals surface area (Å²) in [5, 5.41) is 16.5. The topological polar surface area (TPSA) is 153 Å². The Kier molecular flexibility index (Phi) is 5.47. The first-order valence-corrected chi connectivity index (χ1v) is 13.1. The molecule has 0 radical (unpaired) electrons. The van der Waals surface area contributed by atoms with Gasteiger partial charge < -0.3 is 15.6 Å². The normalized spacial score (nSPS) is 20.4. The number of nitrogens with one attached hydrogen (secondary N) is 1. The Bertz CT molecular complexity index is 1740. The number of carbonyl (C=O) groups is 2. The molecule has 40 heavy (non-hydrogen) atoms. The highest BCUT2D eigenvalue weighted by atomic mass is 19.1. The fourth-order valence-electron chi connectivity index (χ4n) is 6.25. The summed E-state index contributed by atoms with van der Waals surface area (Å²) in [7, 11) is 0. The molecule has 7 rings (SSSR count). The number of rotatable bonds is 5. The number of nitrogen functional groups attached to an aromatic ring is 1. The quantitative estimate of drug-likeness (QED) is 0.322. The molecule has 5 aromatic rings. The van der Waals surface area contributed by atoms with Crippen LogP contribution < -0.4 is 5.73 Å². The number of amides is 1. The van der Waals surface area contributed by atoms with Gasteiger partial charge in [-0.25, -0.2) is 14.1 Å². The smallest absolute Gasteiger partial charge is 0.292 e. The fourth-order valence-corrected chi connectivity index (χ4v) is 6.25. The largest absolute Gasteiger partial charge is 0.383 e. The van der Waals surface area contributed by atoms with Gasteiger partial charge in [-0.3, -0.25) is 9.59 Å². The number of halogens is 1. The van der Waals surface area contributed by atoms with Gasteiger partial charge in [0.25, 0.3) is 5.91 Å². The molecular formula is C27H25FN10O2. The molecule has 2 fully saturated rings. The Morgan fingerprint density at radius 3 is 2.50 bits per heavy atom. The molecule has 6 heterocycles. The van der Waals surface area contributed by atoms with Gasteiger partial charge >= 0.3 is 0 Å². The lowest BCUT2D eigenvalue weighted by Crippen LogP contribution is -2.46. The average molecular weight is 541 g/mol. The van der Waals surface area contributed by atoms with Crippen LogP contribution in [-0.4, -0.2) is 68.2 Å². The van der Waals surface area contributed by atoms with Crippen LogP contribution >= 0.6 is 0 Å². The Morgan fingerprint density at radius 2 is 1.82 bits per heavy atom. The van der Waals surface area contributed by atoms with Gasteiger partial charge in [0.2, 0.25) is 5.82 Å². The summed E-state index contributed by atoms with van der Waals surface area (Å²) in [5.74, 6) is -0.267. The number of ketones is 1. The third-order valence-electron chi connectivity index (χ3n) is 8.02. The number of aromatic amines is 1. The van der Waals surface area contributed by atoms with E-state index in [1.165, 1.54) is 29.9 Å². The number of hydrogen-bond acceptors (Lipinski definition) is 8. The first kappa shape index (κ1) is 24.1. The van der Waals surface area contributed by atoms with Crippen LogP contribution in [0.5, 0.6) is 0 Å². The maximum absolute atomic E-state index is 13.4. The molecule has 2 saturated heterocycles. The number of hydrogen-bond donors (Lipinski definition) is 2. The zero-order valence-corrected chi connectivity index (χ0v) is 21.5. The standard InChI is InChI=1S/C27H25FN10O2/c1-14(39)22-23(15-8-19-6-7-20(9-15)37(19)27(40)25-30-13-31-35-25)34-26-21(11-33-38(26)24(22)29)16-10-32-36(12-16)18-4-2-17(28)3-5-18/h2-5,10-13,15,19-20H,6-9,29H2,1H3,(H,30,31,35)/t15-,19-,20+. The van der Waals surface area contributed by atoms with Crippen molar-refractivity contribution in [2.75, 3.05) is 5.73 Å². The summed E-state index contributed by atoms with van der Waals surface area (Å²) in [6.07, 6.45) is 9.61. The summed E-state index contributed by atoms with van der Waals surface area (Å²) >= 11 is 0. The van der Waals surface area contributed by atoms with E-state index in [4.69, 9.17) is 10.7 Å². The molecular weight excluding hydrogens is 515 g/mol. The van der Waals surface area contributed by atoms with Crippen LogP contribution in [0.25, 0.3) is 22.5 Å². The van der Waals surface area contributed by atoms with Crippen LogP contribution in [0.4, 0.5) is 10.2 Å². The average Bonchev–Trinajstić information content (AvgIpc) is 3.74. The lowest BCUT2D eigenvalue weighted by Gasteiger charge is -2.38. The fraction of sp³-hybridized carbons (Fsp3) is 0.296. The van der Waals surface area contributed by atoms with Crippen molar-refractivity contribution in [1.29, 1.82) is 0 Å². The zero-order valence-electron chi connectivity index (χ0n) is 21.5. The van der Waals surface area contributed by atoms with Crippen LogP contribution in [0.2, 0.25) is 0 Å². The molecule has 0 saturated carbocycles. The Hall–Kier alpha value is -4.94. The number of nitrogens with two attached hydrogens (primary N) is 1. The second kappa shape index (κ2) is 9.07. The van der Waals surface area contributed by atoms with Crippen molar-refractivity contribution in [2.24, 2.45) is 0 Å². The number of benzene rings is 1. The molecule has 4 aromatic heterocycles. The van der Waals surface area contributed by atoms with E-state index in [0.717, 1.165) is 18.4 Å². The van der Waals surface area contributed by atoms with E-state index in [1.807, 2.05) is 11.1 Å². The third kappa shape index (κ3) is 3.76. The van der Waals surface area contributed by atoms with Gasteiger partial charge in [0.15, 0.2) is 11.4 Å². The van der Waals surface area contributed by atoms with E-state index >= 15 is 0 Å². The molecule has 2 aliphatic heterocycles. The second-order valence-electron chi connectivity index (χ2n) is 10.4. The van der Waals surface area contributed by atoms with E-state index < -0.39 is 0 Å². The summed E-state index contributed by atoms with van der Waals surface area (Å²) in [6.45, 7) is 1.48. The minimum absolute atomic E-state index is 0.00117. The van der Waals surface area contributed by atoms with E-state index in [9.17, 15) is 14.0 Å². The lowest BCUT2D eigenvalue weighted by molar-refractivity contribution is 0.0556. The first-order valence-electron chi connectivity index (χ1n) is 13.1. The van der Waals surface area contributed by atoms with Crippen molar-refractivity contribution < 1.29 is 14.0 Å². The Morgan fingerprint density at radius 1 is 1.07 bits per heavy atom. The van der Waals surface area contributed by atoms with Gasteiger partial charge in [-0.05, 0) is 56.9 Å². The SMILES string of the molecule is CC(=O)c1c([C@@H]2C[C@H]3CC[C@@H](C2)N3C(=O)c2nnc[nH]2)nc2c(-c3cnn(-c4ccc(F)cc4)c3)cnn2c1N. The van der Waals surface area contributed by atoms with Crippen molar-refractivity contribution in [1.82, 2.24) is 44.5 Å². The lowest BCUT2D eigenvalue weighted by atomic mass is 9.85.